The molecule has 0 radical (unpaired) electrons. The molecule has 1 atom stereocenters. The van der Waals surface area contributed by atoms with E-state index in [-0.39, 0.29) is 6.10 Å². The van der Waals surface area contributed by atoms with E-state index in [1.165, 1.54) is 44.9 Å². The standard InChI is InChI=1S/C13H26O/c1-3-4-5-6-13(14)12-9-7-11(2)8-10-12/h11-14H,3-10H2,1-2H3. The Hall–Kier alpha value is -0.0400. The lowest BCUT2D eigenvalue weighted by Crippen LogP contribution is -2.24. The number of aliphatic hydroxyl groups excluding tert-OH is 1. The van der Waals surface area contributed by atoms with Gasteiger partial charge in [-0.3, -0.25) is 0 Å². The summed E-state index contributed by atoms with van der Waals surface area (Å²) in [7, 11) is 0. The summed E-state index contributed by atoms with van der Waals surface area (Å²) < 4.78 is 0. The predicted molar refractivity (Wildman–Crippen MR) is 61.3 cm³/mol. The Balaban J connectivity index is 2.13. The van der Waals surface area contributed by atoms with Crippen LogP contribution in [0.1, 0.15) is 65.2 Å². The maximum absolute atomic E-state index is 9.99. The van der Waals surface area contributed by atoms with Crippen LogP contribution in [0.15, 0.2) is 0 Å². The molecule has 0 saturated heterocycles. The van der Waals surface area contributed by atoms with Crippen molar-refractivity contribution in [1.82, 2.24) is 0 Å². The number of unbranched alkanes of at least 4 members (excludes halogenated alkanes) is 2. The lowest BCUT2D eigenvalue weighted by molar-refractivity contribution is 0.0666. The molecule has 14 heavy (non-hydrogen) atoms. The maximum atomic E-state index is 9.99. The first kappa shape index (κ1) is 12.0. The van der Waals surface area contributed by atoms with E-state index in [9.17, 15) is 5.11 Å². The van der Waals surface area contributed by atoms with Crippen LogP contribution in [0.2, 0.25) is 0 Å². The molecular weight excluding hydrogens is 172 g/mol. The summed E-state index contributed by atoms with van der Waals surface area (Å²) >= 11 is 0. The lowest BCUT2D eigenvalue weighted by Gasteiger charge is -2.29. The van der Waals surface area contributed by atoms with E-state index in [0.717, 1.165) is 12.3 Å². The average Bonchev–Trinajstić information content (AvgIpc) is 2.19. The largest absolute Gasteiger partial charge is 0.393 e. The molecular formula is C13H26O. The predicted octanol–water partition coefficient (Wildman–Crippen LogP) is 3.75. The molecule has 1 nitrogen and oxygen atoms in total. The van der Waals surface area contributed by atoms with Crippen molar-refractivity contribution in [2.45, 2.75) is 71.3 Å². The molecule has 1 unspecified atom stereocenters. The average molecular weight is 198 g/mol. The van der Waals surface area contributed by atoms with E-state index >= 15 is 0 Å². The van der Waals surface area contributed by atoms with Crippen molar-refractivity contribution in [3.05, 3.63) is 0 Å². The van der Waals surface area contributed by atoms with Gasteiger partial charge in [0, 0.05) is 0 Å². The van der Waals surface area contributed by atoms with Gasteiger partial charge in [0.2, 0.25) is 0 Å². The van der Waals surface area contributed by atoms with Crippen molar-refractivity contribution in [3.63, 3.8) is 0 Å². The second kappa shape index (κ2) is 6.44. The van der Waals surface area contributed by atoms with Gasteiger partial charge in [-0.1, -0.05) is 46.0 Å². The van der Waals surface area contributed by atoms with Crippen LogP contribution < -0.4 is 0 Å². The molecule has 1 fully saturated rings. The van der Waals surface area contributed by atoms with Crippen LogP contribution in [0.3, 0.4) is 0 Å². The van der Waals surface area contributed by atoms with Crippen LogP contribution >= 0.6 is 0 Å². The topological polar surface area (TPSA) is 20.2 Å². The Morgan fingerprint density at radius 3 is 2.36 bits per heavy atom. The highest BCUT2D eigenvalue weighted by atomic mass is 16.3. The van der Waals surface area contributed by atoms with Crippen LogP contribution in [-0.4, -0.2) is 11.2 Å². The first-order chi connectivity index (χ1) is 6.74. The van der Waals surface area contributed by atoms with Gasteiger partial charge in [-0.05, 0) is 31.1 Å². The molecule has 0 bridgehead atoms. The van der Waals surface area contributed by atoms with Gasteiger partial charge in [-0.2, -0.15) is 0 Å². The van der Waals surface area contributed by atoms with E-state index in [0.29, 0.717) is 5.92 Å². The molecule has 0 aromatic carbocycles. The molecule has 1 N–H and O–H groups in total. The SMILES string of the molecule is CCCCCC(O)C1CCC(C)CC1. The van der Waals surface area contributed by atoms with Crippen molar-refractivity contribution >= 4 is 0 Å². The fourth-order valence-electron chi connectivity index (χ4n) is 2.51. The van der Waals surface area contributed by atoms with Crippen molar-refractivity contribution in [3.8, 4) is 0 Å². The van der Waals surface area contributed by atoms with Crippen LogP contribution in [0.4, 0.5) is 0 Å². The molecule has 1 aliphatic rings. The summed E-state index contributed by atoms with van der Waals surface area (Å²) in [6.45, 7) is 4.55. The molecule has 0 aliphatic heterocycles. The number of hydrogen-bond donors (Lipinski definition) is 1. The number of hydrogen-bond acceptors (Lipinski definition) is 1. The van der Waals surface area contributed by atoms with E-state index < -0.39 is 0 Å². The molecule has 0 heterocycles. The Morgan fingerprint density at radius 2 is 1.79 bits per heavy atom. The monoisotopic (exact) mass is 198 g/mol. The lowest BCUT2D eigenvalue weighted by atomic mass is 9.79. The number of aliphatic hydroxyl groups is 1. The second-order valence-corrected chi connectivity index (χ2v) is 5.08. The summed E-state index contributed by atoms with van der Waals surface area (Å²) in [5.74, 6) is 1.51. The molecule has 0 aromatic rings. The maximum Gasteiger partial charge on any atom is 0.0568 e. The van der Waals surface area contributed by atoms with Gasteiger partial charge >= 0.3 is 0 Å². The third-order valence-electron chi connectivity index (χ3n) is 3.71. The van der Waals surface area contributed by atoms with Crippen LogP contribution in [-0.2, 0) is 0 Å². The van der Waals surface area contributed by atoms with Crippen LogP contribution in [0.5, 0.6) is 0 Å². The summed E-state index contributed by atoms with van der Waals surface area (Å²) in [6, 6.07) is 0. The summed E-state index contributed by atoms with van der Waals surface area (Å²) in [4.78, 5) is 0. The Kier molecular flexibility index (Phi) is 5.54. The van der Waals surface area contributed by atoms with Gasteiger partial charge in [0.1, 0.15) is 0 Å². The molecule has 1 aliphatic carbocycles. The molecule has 1 heteroatoms. The van der Waals surface area contributed by atoms with Gasteiger partial charge in [-0.25, -0.2) is 0 Å². The summed E-state index contributed by atoms with van der Waals surface area (Å²) in [6.07, 6.45) is 9.95. The Labute approximate surface area is 88.9 Å². The highest BCUT2D eigenvalue weighted by molar-refractivity contribution is 4.75. The molecule has 1 saturated carbocycles. The third kappa shape index (κ3) is 4.00. The van der Waals surface area contributed by atoms with Crippen molar-refractivity contribution in [2.24, 2.45) is 11.8 Å². The molecule has 0 amide bonds. The first-order valence-corrected chi connectivity index (χ1v) is 6.42. The van der Waals surface area contributed by atoms with Crippen LogP contribution in [0, 0.1) is 11.8 Å². The van der Waals surface area contributed by atoms with Gasteiger partial charge in [-0.15, -0.1) is 0 Å². The zero-order valence-electron chi connectivity index (χ0n) is 9.84. The Morgan fingerprint density at radius 1 is 1.14 bits per heavy atom. The highest BCUT2D eigenvalue weighted by Gasteiger charge is 2.23. The van der Waals surface area contributed by atoms with Crippen molar-refractivity contribution in [1.29, 1.82) is 0 Å². The minimum Gasteiger partial charge on any atom is -0.393 e. The molecule has 1 rings (SSSR count). The smallest absolute Gasteiger partial charge is 0.0568 e. The van der Waals surface area contributed by atoms with Crippen molar-refractivity contribution in [2.75, 3.05) is 0 Å². The summed E-state index contributed by atoms with van der Waals surface area (Å²) in [5.41, 5.74) is 0. The minimum atomic E-state index is -0.00551. The van der Waals surface area contributed by atoms with E-state index in [4.69, 9.17) is 0 Å². The highest BCUT2D eigenvalue weighted by Crippen LogP contribution is 2.31. The fourth-order valence-corrected chi connectivity index (χ4v) is 2.51. The molecule has 0 spiro atoms. The normalized spacial score (nSPS) is 30.2. The van der Waals surface area contributed by atoms with Gasteiger partial charge < -0.3 is 5.11 Å². The second-order valence-electron chi connectivity index (χ2n) is 5.08. The summed E-state index contributed by atoms with van der Waals surface area (Å²) in [5, 5.41) is 9.99. The van der Waals surface area contributed by atoms with Crippen LogP contribution in [0.25, 0.3) is 0 Å². The zero-order chi connectivity index (χ0) is 10.4. The van der Waals surface area contributed by atoms with Gasteiger partial charge in [0.25, 0.3) is 0 Å². The number of rotatable bonds is 5. The van der Waals surface area contributed by atoms with E-state index in [1.807, 2.05) is 0 Å². The van der Waals surface area contributed by atoms with Gasteiger partial charge in [0.05, 0.1) is 6.10 Å². The third-order valence-corrected chi connectivity index (χ3v) is 3.71. The molecule has 0 aromatic heterocycles. The fraction of sp³-hybridized carbons (Fsp3) is 1.00. The minimum absolute atomic E-state index is 0.00551. The zero-order valence-corrected chi connectivity index (χ0v) is 9.84. The molecule has 84 valence electrons. The van der Waals surface area contributed by atoms with E-state index in [1.54, 1.807) is 0 Å². The van der Waals surface area contributed by atoms with Crippen molar-refractivity contribution < 1.29 is 5.11 Å². The first-order valence-electron chi connectivity index (χ1n) is 6.42. The quantitative estimate of drug-likeness (QED) is 0.667. The Bertz CT molecular complexity index is 136. The van der Waals surface area contributed by atoms with Gasteiger partial charge in [0.15, 0.2) is 0 Å². The van der Waals surface area contributed by atoms with E-state index in [2.05, 4.69) is 13.8 Å².